The van der Waals surface area contributed by atoms with Gasteiger partial charge in [-0.05, 0) is 24.6 Å². The SMILES string of the molecule is CC(c1ccccc1Cl)N(C)c1ncc(N)cc1C(=O)O. The van der Waals surface area contributed by atoms with Crippen LogP contribution in [0.2, 0.25) is 5.02 Å². The lowest BCUT2D eigenvalue weighted by molar-refractivity contribution is 0.0697. The van der Waals surface area contributed by atoms with Crippen molar-refractivity contribution in [2.75, 3.05) is 17.7 Å². The van der Waals surface area contributed by atoms with E-state index < -0.39 is 5.97 Å². The minimum atomic E-state index is -1.07. The van der Waals surface area contributed by atoms with Crippen LogP contribution in [-0.4, -0.2) is 23.1 Å². The van der Waals surface area contributed by atoms with E-state index in [9.17, 15) is 9.90 Å². The quantitative estimate of drug-likeness (QED) is 0.906. The van der Waals surface area contributed by atoms with Crippen molar-refractivity contribution in [3.63, 3.8) is 0 Å². The molecule has 0 saturated carbocycles. The number of nitrogens with zero attached hydrogens (tertiary/aromatic N) is 2. The number of hydrogen-bond donors (Lipinski definition) is 2. The molecule has 0 bridgehead atoms. The zero-order valence-electron chi connectivity index (χ0n) is 11.7. The molecule has 1 atom stereocenters. The first-order valence-electron chi connectivity index (χ1n) is 6.38. The summed E-state index contributed by atoms with van der Waals surface area (Å²) in [6.45, 7) is 1.94. The number of carboxylic acids is 1. The number of aromatic nitrogens is 1. The minimum Gasteiger partial charge on any atom is -0.478 e. The first-order valence-corrected chi connectivity index (χ1v) is 6.75. The Morgan fingerprint density at radius 1 is 1.43 bits per heavy atom. The summed E-state index contributed by atoms with van der Waals surface area (Å²) in [6.07, 6.45) is 1.44. The van der Waals surface area contributed by atoms with Crippen LogP contribution in [0, 0.1) is 0 Å². The molecule has 1 unspecified atom stereocenters. The summed E-state index contributed by atoms with van der Waals surface area (Å²) in [4.78, 5) is 17.3. The molecule has 0 spiro atoms. The smallest absolute Gasteiger partial charge is 0.339 e. The number of carbonyl (C=O) groups is 1. The van der Waals surface area contributed by atoms with Crippen LogP contribution in [0.5, 0.6) is 0 Å². The van der Waals surface area contributed by atoms with E-state index in [0.29, 0.717) is 16.5 Å². The number of nitrogens with two attached hydrogens (primary N) is 1. The van der Waals surface area contributed by atoms with Crippen LogP contribution in [0.25, 0.3) is 0 Å². The van der Waals surface area contributed by atoms with Crippen LogP contribution in [0.1, 0.15) is 28.9 Å². The van der Waals surface area contributed by atoms with Crippen LogP contribution >= 0.6 is 11.6 Å². The standard InChI is InChI=1S/C15H16ClN3O2/c1-9(11-5-3-4-6-13(11)16)19(2)14-12(15(20)21)7-10(17)8-18-14/h3-9H,17H2,1-2H3,(H,20,21). The highest BCUT2D eigenvalue weighted by atomic mass is 35.5. The number of anilines is 2. The van der Waals surface area contributed by atoms with E-state index >= 15 is 0 Å². The van der Waals surface area contributed by atoms with E-state index in [4.69, 9.17) is 17.3 Å². The van der Waals surface area contributed by atoms with E-state index in [0.717, 1.165) is 5.56 Å². The summed E-state index contributed by atoms with van der Waals surface area (Å²) < 4.78 is 0. The number of nitrogen functional groups attached to an aromatic ring is 1. The molecule has 0 amide bonds. The Kier molecular flexibility index (Phi) is 4.33. The molecular formula is C15H16ClN3O2. The van der Waals surface area contributed by atoms with Crippen molar-refractivity contribution < 1.29 is 9.90 Å². The fraction of sp³-hybridized carbons (Fsp3) is 0.200. The van der Waals surface area contributed by atoms with E-state index in [-0.39, 0.29) is 11.6 Å². The highest BCUT2D eigenvalue weighted by Gasteiger charge is 2.21. The third-order valence-electron chi connectivity index (χ3n) is 3.39. The molecule has 6 heteroatoms. The molecule has 5 nitrogen and oxygen atoms in total. The molecule has 3 N–H and O–H groups in total. The average Bonchev–Trinajstić information content (AvgIpc) is 2.46. The Bertz CT molecular complexity index is 676. The van der Waals surface area contributed by atoms with Crippen molar-refractivity contribution in [1.29, 1.82) is 0 Å². The Morgan fingerprint density at radius 2 is 2.10 bits per heavy atom. The van der Waals surface area contributed by atoms with Crippen molar-refractivity contribution in [3.8, 4) is 0 Å². The zero-order valence-corrected chi connectivity index (χ0v) is 12.5. The number of rotatable bonds is 4. The van der Waals surface area contributed by atoms with Gasteiger partial charge in [0.05, 0.1) is 17.9 Å². The third kappa shape index (κ3) is 3.08. The van der Waals surface area contributed by atoms with Crippen molar-refractivity contribution >= 4 is 29.1 Å². The first-order chi connectivity index (χ1) is 9.91. The molecular weight excluding hydrogens is 290 g/mol. The number of hydrogen-bond acceptors (Lipinski definition) is 4. The molecule has 0 aliphatic heterocycles. The predicted octanol–water partition coefficient (Wildman–Crippen LogP) is 3.21. The molecule has 2 rings (SSSR count). The van der Waals surface area contributed by atoms with Gasteiger partial charge in [0, 0.05) is 12.1 Å². The van der Waals surface area contributed by atoms with E-state index in [2.05, 4.69) is 4.98 Å². The van der Waals surface area contributed by atoms with Crippen molar-refractivity contribution in [1.82, 2.24) is 4.98 Å². The third-order valence-corrected chi connectivity index (χ3v) is 3.73. The van der Waals surface area contributed by atoms with Crippen LogP contribution in [0.4, 0.5) is 11.5 Å². The highest BCUT2D eigenvalue weighted by Crippen LogP contribution is 2.31. The van der Waals surface area contributed by atoms with Crippen LogP contribution in [0.3, 0.4) is 0 Å². The van der Waals surface area contributed by atoms with E-state index in [1.165, 1.54) is 12.3 Å². The molecule has 0 saturated heterocycles. The van der Waals surface area contributed by atoms with Gasteiger partial charge in [-0.25, -0.2) is 9.78 Å². The molecule has 1 aromatic heterocycles. The molecule has 0 aliphatic carbocycles. The van der Waals surface area contributed by atoms with Crippen LogP contribution in [0.15, 0.2) is 36.5 Å². The van der Waals surface area contributed by atoms with Gasteiger partial charge in [-0.1, -0.05) is 29.8 Å². The van der Waals surface area contributed by atoms with Crippen molar-refractivity contribution in [2.45, 2.75) is 13.0 Å². The molecule has 110 valence electrons. The fourth-order valence-corrected chi connectivity index (χ4v) is 2.41. The van der Waals surface area contributed by atoms with Gasteiger partial charge in [0.1, 0.15) is 11.4 Å². The summed E-state index contributed by atoms with van der Waals surface area (Å²) >= 11 is 6.19. The summed E-state index contributed by atoms with van der Waals surface area (Å²) in [6, 6.07) is 8.72. The van der Waals surface area contributed by atoms with Gasteiger partial charge in [0.25, 0.3) is 0 Å². The number of carboxylic acid groups (broad SMARTS) is 1. The minimum absolute atomic E-state index is 0.0661. The normalized spacial score (nSPS) is 12.0. The Labute approximate surface area is 128 Å². The van der Waals surface area contributed by atoms with E-state index in [1.54, 1.807) is 18.0 Å². The lowest BCUT2D eigenvalue weighted by Gasteiger charge is -2.28. The molecule has 0 radical (unpaired) electrons. The van der Waals surface area contributed by atoms with Crippen molar-refractivity contribution in [3.05, 3.63) is 52.7 Å². The lowest BCUT2D eigenvalue weighted by Crippen LogP contribution is -2.25. The molecule has 1 aromatic carbocycles. The van der Waals surface area contributed by atoms with Gasteiger partial charge in [0.2, 0.25) is 0 Å². The number of halogens is 1. The highest BCUT2D eigenvalue weighted by molar-refractivity contribution is 6.31. The molecule has 2 aromatic rings. The van der Waals surface area contributed by atoms with E-state index in [1.807, 2.05) is 25.1 Å². The van der Waals surface area contributed by atoms with Crippen molar-refractivity contribution in [2.24, 2.45) is 0 Å². The van der Waals surface area contributed by atoms with Gasteiger partial charge in [0.15, 0.2) is 0 Å². The van der Waals surface area contributed by atoms with Gasteiger partial charge in [-0.2, -0.15) is 0 Å². The summed E-state index contributed by atoms with van der Waals surface area (Å²) in [7, 11) is 1.78. The Balaban J connectivity index is 2.43. The predicted molar refractivity (Wildman–Crippen MR) is 83.9 cm³/mol. The zero-order chi connectivity index (χ0) is 15.6. The first kappa shape index (κ1) is 15.1. The maximum atomic E-state index is 11.4. The Morgan fingerprint density at radius 3 is 2.71 bits per heavy atom. The number of aromatic carboxylic acids is 1. The second-order valence-electron chi connectivity index (χ2n) is 4.75. The molecule has 0 aliphatic rings. The van der Waals surface area contributed by atoms with Gasteiger partial charge < -0.3 is 15.7 Å². The summed E-state index contributed by atoms with van der Waals surface area (Å²) in [5.74, 6) is -0.716. The maximum absolute atomic E-state index is 11.4. The second-order valence-corrected chi connectivity index (χ2v) is 5.16. The second kappa shape index (κ2) is 6.01. The Hall–Kier alpha value is -2.27. The maximum Gasteiger partial charge on any atom is 0.339 e. The molecule has 21 heavy (non-hydrogen) atoms. The number of benzene rings is 1. The largest absolute Gasteiger partial charge is 0.478 e. The lowest BCUT2D eigenvalue weighted by atomic mass is 10.1. The topological polar surface area (TPSA) is 79.5 Å². The molecule has 0 fully saturated rings. The molecule has 1 heterocycles. The van der Waals surface area contributed by atoms with Gasteiger partial charge in [-0.3, -0.25) is 0 Å². The van der Waals surface area contributed by atoms with Crippen LogP contribution < -0.4 is 10.6 Å². The fourth-order valence-electron chi connectivity index (χ4n) is 2.12. The monoisotopic (exact) mass is 305 g/mol. The van der Waals surface area contributed by atoms with Gasteiger partial charge in [-0.15, -0.1) is 0 Å². The summed E-state index contributed by atoms with van der Waals surface area (Å²) in [5, 5.41) is 9.93. The number of pyridine rings is 1. The average molecular weight is 306 g/mol. The summed E-state index contributed by atoms with van der Waals surface area (Å²) in [5.41, 5.74) is 6.89. The van der Waals surface area contributed by atoms with Gasteiger partial charge >= 0.3 is 5.97 Å². The van der Waals surface area contributed by atoms with Crippen LogP contribution in [-0.2, 0) is 0 Å².